The molecule has 5 nitrogen and oxygen atoms in total. The van der Waals surface area contributed by atoms with Crippen LogP contribution in [0.2, 0.25) is 5.02 Å². The third-order valence-corrected chi connectivity index (χ3v) is 6.76. The van der Waals surface area contributed by atoms with Crippen molar-refractivity contribution in [2.45, 2.75) is 36.6 Å². The summed E-state index contributed by atoms with van der Waals surface area (Å²) in [5, 5.41) is 3.59. The fourth-order valence-electron chi connectivity index (χ4n) is 2.85. The Morgan fingerprint density at radius 2 is 2.13 bits per heavy atom. The van der Waals surface area contributed by atoms with Crippen LogP contribution in [0.3, 0.4) is 0 Å². The molecule has 1 N–H and O–H groups in total. The minimum Gasteiger partial charge on any atom is -0.492 e. The predicted molar refractivity (Wildman–Crippen MR) is 90.5 cm³/mol. The summed E-state index contributed by atoms with van der Waals surface area (Å²) in [6, 6.07) is 4.79. The Morgan fingerprint density at radius 1 is 1.35 bits per heavy atom. The Bertz CT molecular complexity index is 655. The normalized spacial score (nSPS) is 21.8. The Hall–Kier alpha value is -0.820. The van der Waals surface area contributed by atoms with Gasteiger partial charge in [0, 0.05) is 24.7 Å². The molecule has 1 aromatic rings. The highest BCUT2D eigenvalue weighted by atomic mass is 35.5. The topological polar surface area (TPSA) is 58.6 Å². The smallest absolute Gasteiger partial charge is 0.246 e. The van der Waals surface area contributed by atoms with Gasteiger partial charge in [-0.25, -0.2) is 8.42 Å². The number of halogens is 1. The first-order valence-corrected chi connectivity index (χ1v) is 9.91. The first-order chi connectivity index (χ1) is 11.0. The third-order valence-electron chi connectivity index (χ3n) is 4.59. The molecule has 7 heteroatoms. The minimum atomic E-state index is -3.63. The van der Waals surface area contributed by atoms with Gasteiger partial charge in [0.15, 0.2) is 0 Å². The molecule has 1 aromatic carbocycles. The molecule has 0 bridgehead atoms. The van der Waals surface area contributed by atoms with Crippen LogP contribution < -0.4 is 10.1 Å². The number of ether oxygens (including phenoxy) is 1. The van der Waals surface area contributed by atoms with Crippen molar-refractivity contribution in [2.75, 3.05) is 26.7 Å². The molecule has 1 saturated carbocycles. The van der Waals surface area contributed by atoms with Gasteiger partial charge in [0.25, 0.3) is 0 Å². The number of nitrogens with one attached hydrogen (secondary N) is 1. The molecule has 1 atom stereocenters. The lowest BCUT2D eigenvalue weighted by Gasteiger charge is -2.24. The third kappa shape index (κ3) is 3.99. The predicted octanol–water partition coefficient (Wildman–Crippen LogP) is 2.50. The number of hydrogen-bond acceptors (Lipinski definition) is 4. The van der Waals surface area contributed by atoms with Gasteiger partial charge in [0.05, 0.1) is 6.61 Å². The number of rotatable bonds is 7. The van der Waals surface area contributed by atoms with Gasteiger partial charge in [0.2, 0.25) is 10.0 Å². The van der Waals surface area contributed by atoms with Crippen molar-refractivity contribution in [2.24, 2.45) is 5.92 Å². The standard InChI is InChI=1S/C16H23ClN2O3S/c1-19(14-6-8-18-11-14)23(20,21)16-10-13(17)4-5-15(16)22-9-7-12-2-3-12/h4-5,10,12,14,18H,2-3,6-9,11H2,1H3. The lowest BCUT2D eigenvalue weighted by Crippen LogP contribution is -2.38. The van der Waals surface area contributed by atoms with Gasteiger partial charge in [-0.3, -0.25) is 0 Å². The summed E-state index contributed by atoms with van der Waals surface area (Å²) < 4.78 is 33.1. The zero-order valence-corrected chi connectivity index (χ0v) is 14.9. The largest absolute Gasteiger partial charge is 0.492 e. The first kappa shape index (κ1) is 17.0. The summed E-state index contributed by atoms with van der Waals surface area (Å²) in [5.41, 5.74) is 0. The van der Waals surface area contributed by atoms with Crippen molar-refractivity contribution in [1.29, 1.82) is 0 Å². The van der Waals surface area contributed by atoms with E-state index < -0.39 is 10.0 Å². The molecular weight excluding hydrogens is 336 g/mol. The van der Waals surface area contributed by atoms with E-state index in [1.165, 1.54) is 23.2 Å². The fraction of sp³-hybridized carbons (Fsp3) is 0.625. The van der Waals surface area contributed by atoms with E-state index >= 15 is 0 Å². The zero-order chi connectivity index (χ0) is 16.4. The van der Waals surface area contributed by atoms with Crippen LogP contribution in [0.5, 0.6) is 5.75 Å². The molecule has 128 valence electrons. The van der Waals surface area contributed by atoms with Gasteiger partial charge in [-0.15, -0.1) is 0 Å². The van der Waals surface area contributed by atoms with Crippen LogP contribution >= 0.6 is 11.6 Å². The maximum atomic E-state index is 13.0. The van der Waals surface area contributed by atoms with Crippen molar-refractivity contribution in [1.82, 2.24) is 9.62 Å². The quantitative estimate of drug-likeness (QED) is 0.813. The van der Waals surface area contributed by atoms with Crippen molar-refractivity contribution in [3.8, 4) is 5.75 Å². The molecule has 2 aliphatic rings. The van der Waals surface area contributed by atoms with Gasteiger partial charge in [0.1, 0.15) is 10.6 Å². The van der Waals surface area contributed by atoms with E-state index in [1.807, 2.05) is 0 Å². The van der Waals surface area contributed by atoms with E-state index in [1.54, 1.807) is 19.2 Å². The second-order valence-corrected chi connectivity index (χ2v) is 8.74. The number of benzene rings is 1. The van der Waals surface area contributed by atoms with E-state index in [0.717, 1.165) is 25.3 Å². The maximum absolute atomic E-state index is 13.0. The molecule has 1 heterocycles. The van der Waals surface area contributed by atoms with Crippen LogP contribution in [0.1, 0.15) is 25.7 Å². The minimum absolute atomic E-state index is 0.0294. The molecule has 2 fully saturated rings. The van der Waals surface area contributed by atoms with Crippen LogP contribution in [0.25, 0.3) is 0 Å². The van der Waals surface area contributed by atoms with E-state index in [0.29, 0.717) is 23.9 Å². The van der Waals surface area contributed by atoms with Crippen molar-refractivity contribution >= 4 is 21.6 Å². The van der Waals surface area contributed by atoms with Crippen molar-refractivity contribution < 1.29 is 13.2 Å². The number of hydrogen-bond donors (Lipinski definition) is 1. The molecule has 0 aromatic heterocycles. The molecule has 1 aliphatic carbocycles. The van der Waals surface area contributed by atoms with E-state index in [4.69, 9.17) is 16.3 Å². The maximum Gasteiger partial charge on any atom is 0.246 e. The van der Waals surface area contributed by atoms with E-state index in [-0.39, 0.29) is 10.9 Å². The van der Waals surface area contributed by atoms with Gasteiger partial charge in [-0.2, -0.15) is 4.31 Å². The lowest BCUT2D eigenvalue weighted by atomic mass is 10.3. The van der Waals surface area contributed by atoms with Gasteiger partial charge >= 0.3 is 0 Å². The Labute approximate surface area is 143 Å². The highest BCUT2D eigenvalue weighted by molar-refractivity contribution is 7.89. The molecule has 1 saturated heterocycles. The molecule has 23 heavy (non-hydrogen) atoms. The number of likely N-dealkylation sites (N-methyl/N-ethyl adjacent to an activating group) is 1. The van der Waals surface area contributed by atoms with Gasteiger partial charge < -0.3 is 10.1 Å². The summed E-state index contributed by atoms with van der Waals surface area (Å²) in [4.78, 5) is 0.162. The molecule has 0 amide bonds. The summed E-state index contributed by atoms with van der Waals surface area (Å²) in [5.74, 6) is 1.14. The zero-order valence-electron chi connectivity index (χ0n) is 13.3. The van der Waals surface area contributed by atoms with Crippen LogP contribution in [0, 0.1) is 5.92 Å². The van der Waals surface area contributed by atoms with Crippen molar-refractivity contribution in [3.05, 3.63) is 23.2 Å². The Morgan fingerprint density at radius 3 is 2.78 bits per heavy atom. The van der Waals surface area contributed by atoms with Crippen LogP contribution in [0.4, 0.5) is 0 Å². The molecule has 0 radical (unpaired) electrons. The Kier molecular flexibility index (Phi) is 5.16. The van der Waals surface area contributed by atoms with Crippen LogP contribution in [0.15, 0.2) is 23.1 Å². The highest BCUT2D eigenvalue weighted by Gasteiger charge is 2.32. The molecule has 3 rings (SSSR count). The first-order valence-electron chi connectivity index (χ1n) is 8.09. The summed E-state index contributed by atoms with van der Waals surface area (Å²) in [7, 11) is -2.00. The summed E-state index contributed by atoms with van der Waals surface area (Å²) >= 11 is 6.03. The lowest BCUT2D eigenvalue weighted by molar-refractivity contribution is 0.293. The molecule has 0 spiro atoms. The average molecular weight is 359 g/mol. The molecule has 1 aliphatic heterocycles. The summed E-state index contributed by atoms with van der Waals surface area (Å²) in [6.45, 7) is 2.06. The van der Waals surface area contributed by atoms with E-state index in [9.17, 15) is 8.42 Å². The van der Waals surface area contributed by atoms with Gasteiger partial charge in [-0.1, -0.05) is 24.4 Å². The van der Waals surface area contributed by atoms with Gasteiger partial charge in [-0.05, 0) is 43.5 Å². The van der Waals surface area contributed by atoms with Crippen LogP contribution in [-0.2, 0) is 10.0 Å². The SMILES string of the molecule is CN(C1CCNC1)S(=O)(=O)c1cc(Cl)ccc1OCCC1CC1. The van der Waals surface area contributed by atoms with Crippen LogP contribution in [-0.4, -0.2) is 45.5 Å². The summed E-state index contributed by atoms with van der Waals surface area (Å²) in [6.07, 6.45) is 4.30. The molecule has 1 unspecified atom stereocenters. The van der Waals surface area contributed by atoms with Crippen molar-refractivity contribution in [3.63, 3.8) is 0 Å². The number of nitrogens with zero attached hydrogens (tertiary/aromatic N) is 1. The molecular formula is C16H23ClN2O3S. The monoisotopic (exact) mass is 358 g/mol. The van der Waals surface area contributed by atoms with E-state index in [2.05, 4.69) is 5.32 Å². The average Bonchev–Trinajstić information content (AvgIpc) is 3.18. The fourth-order valence-corrected chi connectivity index (χ4v) is 4.62. The second-order valence-electron chi connectivity index (χ2n) is 6.34. The second kappa shape index (κ2) is 6.97. The Balaban J connectivity index is 1.81. The highest BCUT2D eigenvalue weighted by Crippen LogP contribution is 2.34. The number of sulfonamides is 1.